The summed E-state index contributed by atoms with van der Waals surface area (Å²) < 4.78 is 14.0. The van der Waals surface area contributed by atoms with Crippen molar-refractivity contribution in [3.8, 4) is 0 Å². The van der Waals surface area contributed by atoms with Crippen LogP contribution in [-0.2, 0) is 0 Å². The van der Waals surface area contributed by atoms with Crippen LogP contribution in [0.5, 0.6) is 0 Å². The molecule has 0 unspecified atom stereocenters. The Labute approximate surface area is 106 Å². The van der Waals surface area contributed by atoms with Crippen LogP contribution in [0.1, 0.15) is 17.3 Å². The molecule has 1 aliphatic rings. The number of halogens is 1. The lowest BCUT2D eigenvalue weighted by molar-refractivity contribution is 0.0955. The molecule has 1 aromatic carbocycles. The number of benzene rings is 1. The minimum Gasteiger partial charge on any atom is -0.367 e. The highest BCUT2D eigenvalue weighted by Gasteiger charge is 2.16. The van der Waals surface area contributed by atoms with Crippen molar-refractivity contribution in [3.63, 3.8) is 0 Å². The monoisotopic (exact) mass is 251 g/mol. The molecule has 1 saturated heterocycles. The van der Waals surface area contributed by atoms with Crippen LogP contribution in [0.2, 0.25) is 0 Å². The van der Waals surface area contributed by atoms with Gasteiger partial charge in [0, 0.05) is 38.3 Å². The van der Waals surface area contributed by atoms with Crippen LogP contribution in [-0.4, -0.2) is 38.6 Å². The number of carbonyl (C=O) groups is 1. The lowest BCUT2D eigenvalue weighted by atomic mass is 10.1. The Balaban J connectivity index is 2.16. The molecule has 5 heteroatoms. The molecule has 0 atom stereocenters. The minimum atomic E-state index is -0.333. The van der Waals surface area contributed by atoms with Crippen LogP contribution in [0, 0.1) is 5.82 Å². The number of anilines is 1. The fraction of sp³-hybridized carbons (Fsp3) is 0.462. The number of amides is 1. The van der Waals surface area contributed by atoms with Crippen LogP contribution in [0.4, 0.5) is 10.1 Å². The Bertz CT molecular complexity index is 430. The Hall–Kier alpha value is -1.62. The maximum Gasteiger partial charge on any atom is 0.251 e. The number of hydrogen-bond donors (Lipinski definition) is 2. The van der Waals surface area contributed by atoms with E-state index in [1.165, 1.54) is 6.07 Å². The molecule has 1 fully saturated rings. The SMILES string of the molecule is CCNC(=O)c1ccc(N2CCNCC2)c(F)c1. The van der Waals surface area contributed by atoms with Gasteiger partial charge in [-0.1, -0.05) is 0 Å². The molecule has 1 amide bonds. The van der Waals surface area contributed by atoms with E-state index >= 15 is 0 Å². The fourth-order valence-corrected chi connectivity index (χ4v) is 2.07. The summed E-state index contributed by atoms with van der Waals surface area (Å²) in [4.78, 5) is 13.6. The van der Waals surface area contributed by atoms with Gasteiger partial charge in [-0.25, -0.2) is 4.39 Å². The first kappa shape index (κ1) is 12.8. The van der Waals surface area contributed by atoms with Crippen molar-refractivity contribution in [2.24, 2.45) is 0 Å². The normalized spacial score (nSPS) is 15.6. The zero-order valence-electron chi connectivity index (χ0n) is 10.5. The van der Waals surface area contributed by atoms with E-state index in [1.54, 1.807) is 12.1 Å². The number of piperazine rings is 1. The summed E-state index contributed by atoms with van der Waals surface area (Å²) in [5, 5.41) is 5.88. The molecule has 1 aromatic rings. The smallest absolute Gasteiger partial charge is 0.251 e. The zero-order valence-corrected chi connectivity index (χ0v) is 10.5. The Morgan fingerprint density at radius 2 is 2.17 bits per heavy atom. The molecule has 4 nitrogen and oxygen atoms in total. The summed E-state index contributed by atoms with van der Waals surface area (Å²) in [5.41, 5.74) is 0.942. The van der Waals surface area contributed by atoms with Gasteiger partial charge < -0.3 is 15.5 Å². The van der Waals surface area contributed by atoms with Crippen molar-refractivity contribution >= 4 is 11.6 Å². The second-order valence-corrected chi connectivity index (χ2v) is 4.26. The molecule has 2 rings (SSSR count). The second-order valence-electron chi connectivity index (χ2n) is 4.26. The predicted molar refractivity (Wildman–Crippen MR) is 69.5 cm³/mol. The number of nitrogens with one attached hydrogen (secondary N) is 2. The van der Waals surface area contributed by atoms with E-state index in [0.29, 0.717) is 17.8 Å². The van der Waals surface area contributed by atoms with Crippen molar-refractivity contribution in [3.05, 3.63) is 29.6 Å². The molecule has 2 N–H and O–H groups in total. The van der Waals surface area contributed by atoms with E-state index in [0.717, 1.165) is 26.2 Å². The zero-order chi connectivity index (χ0) is 13.0. The van der Waals surface area contributed by atoms with Gasteiger partial charge in [0.25, 0.3) is 5.91 Å². The van der Waals surface area contributed by atoms with Crippen molar-refractivity contribution in [2.75, 3.05) is 37.6 Å². The average molecular weight is 251 g/mol. The second kappa shape index (κ2) is 5.82. The predicted octanol–water partition coefficient (Wildman–Crippen LogP) is 0.985. The summed E-state index contributed by atoms with van der Waals surface area (Å²) in [6.45, 7) is 5.67. The van der Waals surface area contributed by atoms with Gasteiger partial charge in [0.15, 0.2) is 0 Å². The van der Waals surface area contributed by atoms with Gasteiger partial charge in [0.1, 0.15) is 5.82 Å². The number of hydrogen-bond acceptors (Lipinski definition) is 3. The largest absolute Gasteiger partial charge is 0.367 e. The number of carbonyl (C=O) groups excluding carboxylic acids is 1. The molecule has 0 saturated carbocycles. The Kier molecular flexibility index (Phi) is 4.15. The Morgan fingerprint density at radius 3 is 2.78 bits per heavy atom. The van der Waals surface area contributed by atoms with Gasteiger partial charge in [0.2, 0.25) is 0 Å². The van der Waals surface area contributed by atoms with Crippen LogP contribution >= 0.6 is 0 Å². The quantitative estimate of drug-likeness (QED) is 0.842. The number of rotatable bonds is 3. The molecule has 0 bridgehead atoms. The van der Waals surface area contributed by atoms with Gasteiger partial charge >= 0.3 is 0 Å². The molecule has 18 heavy (non-hydrogen) atoms. The fourth-order valence-electron chi connectivity index (χ4n) is 2.07. The highest BCUT2D eigenvalue weighted by atomic mass is 19.1. The van der Waals surface area contributed by atoms with Crippen molar-refractivity contribution in [1.82, 2.24) is 10.6 Å². The minimum absolute atomic E-state index is 0.233. The van der Waals surface area contributed by atoms with Crippen LogP contribution in [0.25, 0.3) is 0 Å². The first-order valence-electron chi connectivity index (χ1n) is 6.25. The van der Waals surface area contributed by atoms with Gasteiger partial charge in [-0.2, -0.15) is 0 Å². The lowest BCUT2D eigenvalue weighted by Gasteiger charge is -2.29. The molecule has 1 aliphatic heterocycles. The molecule has 0 aromatic heterocycles. The molecule has 98 valence electrons. The van der Waals surface area contributed by atoms with Crippen LogP contribution < -0.4 is 15.5 Å². The summed E-state index contributed by atoms with van der Waals surface area (Å²) in [6.07, 6.45) is 0. The first-order valence-corrected chi connectivity index (χ1v) is 6.25. The molecule has 0 radical (unpaired) electrons. The molecular weight excluding hydrogens is 233 g/mol. The van der Waals surface area contributed by atoms with Crippen molar-refractivity contribution in [1.29, 1.82) is 0 Å². The van der Waals surface area contributed by atoms with E-state index < -0.39 is 0 Å². The van der Waals surface area contributed by atoms with Crippen molar-refractivity contribution < 1.29 is 9.18 Å². The topological polar surface area (TPSA) is 44.4 Å². The van der Waals surface area contributed by atoms with E-state index in [2.05, 4.69) is 10.6 Å². The number of nitrogens with zero attached hydrogens (tertiary/aromatic N) is 1. The molecular formula is C13H18FN3O. The summed E-state index contributed by atoms with van der Waals surface area (Å²) in [7, 11) is 0. The highest BCUT2D eigenvalue weighted by molar-refractivity contribution is 5.94. The van der Waals surface area contributed by atoms with Crippen molar-refractivity contribution in [2.45, 2.75) is 6.92 Å². The third kappa shape index (κ3) is 2.79. The van der Waals surface area contributed by atoms with Gasteiger partial charge in [0.05, 0.1) is 5.69 Å². The van der Waals surface area contributed by atoms with E-state index in [1.807, 2.05) is 11.8 Å². The van der Waals surface area contributed by atoms with Gasteiger partial charge in [-0.15, -0.1) is 0 Å². The van der Waals surface area contributed by atoms with Crippen LogP contribution in [0.3, 0.4) is 0 Å². The van der Waals surface area contributed by atoms with E-state index in [4.69, 9.17) is 0 Å². The summed E-state index contributed by atoms with van der Waals surface area (Å²) in [5.74, 6) is -0.566. The lowest BCUT2D eigenvalue weighted by Crippen LogP contribution is -2.43. The first-order chi connectivity index (χ1) is 8.72. The maximum atomic E-state index is 14.0. The third-order valence-corrected chi connectivity index (χ3v) is 3.00. The van der Waals surface area contributed by atoms with Crippen LogP contribution in [0.15, 0.2) is 18.2 Å². The van der Waals surface area contributed by atoms with Gasteiger partial charge in [-0.3, -0.25) is 4.79 Å². The molecule has 0 aliphatic carbocycles. The summed E-state index contributed by atoms with van der Waals surface area (Å²) in [6, 6.07) is 4.67. The molecule has 0 spiro atoms. The van der Waals surface area contributed by atoms with E-state index in [9.17, 15) is 9.18 Å². The van der Waals surface area contributed by atoms with Gasteiger partial charge in [-0.05, 0) is 25.1 Å². The third-order valence-electron chi connectivity index (χ3n) is 3.00. The average Bonchev–Trinajstić information content (AvgIpc) is 2.40. The maximum absolute atomic E-state index is 14.0. The van der Waals surface area contributed by atoms with E-state index in [-0.39, 0.29) is 11.7 Å². The highest BCUT2D eigenvalue weighted by Crippen LogP contribution is 2.20. The molecule has 1 heterocycles. The summed E-state index contributed by atoms with van der Waals surface area (Å²) >= 11 is 0. The standard InChI is InChI=1S/C13H18FN3O/c1-2-16-13(18)10-3-4-12(11(14)9-10)17-7-5-15-6-8-17/h3-4,9,15H,2,5-8H2,1H3,(H,16,18). The Morgan fingerprint density at radius 1 is 1.44 bits per heavy atom.